The lowest BCUT2D eigenvalue weighted by molar-refractivity contribution is -0.385. The molecule has 4 nitrogen and oxygen atoms in total. The van der Waals surface area contributed by atoms with Crippen LogP contribution in [0.3, 0.4) is 0 Å². The molecule has 0 bridgehead atoms. The molecule has 0 unspecified atom stereocenters. The first-order valence-corrected chi connectivity index (χ1v) is 4.86. The number of nitro benzene ring substituents is 1. The highest BCUT2D eigenvalue weighted by molar-refractivity contribution is 5.42. The van der Waals surface area contributed by atoms with Crippen LogP contribution in [0.25, 0.3) is 0 Å². The van der Waals surface area contributed by atoms with E-state index in [0.717, 1.165) is 6.07 Å². The largest absolute Gasteiger partial charge is 0.324 e. The lowest BCUT2D eigenvalue weighted by Gasteiger charge is -2.10. The number of nitro groups is 1. The Bertz CT molecular complexity index is 407. The van der Waals surface area contributed by atoms with E-state index in [9.17, 15) is 14.5 Å². The van der Waals surface area contributed by atoms with Crippen LogP contribution in [-0.4, -0.2) is 4.92 Å². The van der Waals surface area contributed by atoms with E-state index in [-0.39, 0.29) is 5.69 Å². The zero-order chi connectivity index (χ0) is 12.1. The monoisotopic (exact) mass is 224 g/mol. The summed E-state index contributed by atoms with van der Waals surface area (Å²) in [6.45, 7) is 3.55. The van der Waals surface area contributed by atoms with Gasteiger partial charge in [-0.05, 0) is 25.0 Å². The van der Waals surface area contributed by atoms with E-state index < -0.39 is 16.8 Å². The highest BCUT2D eigenvalue weighted by atomic mass is 19.1. The first-order valence-electron chi connectivity index (χ1n) is 4.86. The highest BCUT2D eigenvalue weighted by Crippen LogP contribution is 2.27. The van der Waals surface area contributed by atoms with E-state index >= 15 is 0 Å². The van der Waals surface area contributed by atoms with Crippen LogP contribution in [-0.2, 0) is 0 Å². The number of allylic oxidation sites excluding steroid dienone is 1. The Kier molecular flexibility index (Phi) is 4.13. The molecule has 0 aliphatic heterocycles. The molecule has 2 N–H and O–H groups in total. The zero-order valence-electron chi connectivity index (χ0n) is 8.73. The Morgan fingerprint density at radius 2 is 2.31 bits per heavy atom. The van der Waals surface area contributed by atoms with Crippen LogP contribution in [0.2, 0.25) is 0 Å². The van der Waals surface area contributed by atoms with E-state index in [1.165, 1.54) is 12.1 Å². The van der Waals surface area contributed by atoms with Crippen molar-refractivity contribution < 1.29 is 9.31 Å². The van der Waals surface area contributed by atoms with Gasteiger partial charge in [0.25, 0.3) is 5.69 Å². The Labute approximate surface area is 92.7 Å². The highest BCUT2D eigenvalue weighted by Gasteiger charge is 2.19. The van der Waals surface area contributed by atoms with Crippen LogP contribution in [0.5, 0.6) is 0 Å². The lowest BCUT2D eigenvalue weighted by Crippen LogP contribution is -2.12. The molecule has 1 aromatic rings. The summed E-state index contributed by atoms with van der Waals surface area (Å²) >= 11 is 0. The number of halogens is 1. The van der Waals surface area contributed by atoms with Gasteiger partial charge in [-0.15, -0.1) is 6.58 Å². The second kappa shape index (κ2) is 5.37. The van der Waals surface area contributed by atoms with Crippen LogP contribution in [0, 0.1) is 15.9 Å². The second-order valence-corrected chi connectivity index (χ2v) is 3.43. The standard InChI is InChI=1S/C11H13FN2O2/c1-2-3-4-10(13)9-6-5-8(12)7-11(9)14(15)16/h2,5-7,10H,1,3-4,13H2/t10-/m0/s1. The van der Waals surface area contributed by atoms with Gasteiger partial charge in [0.1, 0.15) is 5.82 Å². The Morgan fingerprint density at radius 1 is 1.62 bits per heavy atom. The summed E-state index contributed by atoms with van der Waals surface area (Å²) in [6, 6.07) is 2.96. The van der Waals surface area contributed by atoms with Gasteiger partial charge >= 0.3 is 0 Å². The summed E-state index contributed by atoms with van der Waals surface area (Å²) in [4.78, 5) is 10.1. The van der Waals surface area contributed by atoms with Crippen molar-refractivity contribution in [3.8, 4) is 0 Å². The number of benzene rings is 1. The van der Waals surface area contributed by atoms with Crippen molar-refractivity contribution in [2.24, 2.45) is 5.73 Å². The van der Waals surface area contributed by atoms with Crippen molar-refractivity contribution in [3.05, 3.63) is 52.3 Å². The van der Waals surface area contributed by atoms with Gasteiger partial charge < -0.3 is 5.73 Å². The van der Waals surface area contributed by atoms with Gasteiger partial charge in [-0.1, -0.05) is 6.08 Å². The molecule has 0 saturated heterocycles. The maximum atomic E-state index is 12.9. The molecular formula is C11H13FN2O2. The number of rotatable bonds is 5. The predicted octanol–water partition coefficient (Wildman–Crippen LogP) is 2.70. The molecule has 86 valence electrons. The summed E-state index contributed by atoms with van der Waals surface area (Å²) < 4.78 is 12.9. The molecular weight excluding hydrogens is 211 g/mol. The second-order valence-electron chi connectivity index (χ2n) is 3.43. The zero-order valence-corrected chi connectivity index (χ0v) is 8.73. The quantitative estimate of drug-likeness (QED) is 0.475. The van der Waals surface area contributed by atoms with Gasteiger partial charge in [0.15, 0.2) is 0 Å². The molecule has 0 radical (unpaired) electrons. The molecule has 0 aliphatic rings. The maximum Gasteiger partial charge on any atom is 0.277 e. The fraction of sp³-hybridized carbons (Fsp3) is 0.273. The molecule has 0 heterocycles. The van der Waals surface area contributed by atoms with Crippen molar-refractivity contribution in [2.45, 2.75) is 18.9 Å². The van der Waals surface area contributed by atoms with Crippen LogP contribution in [0.15, 0.2) is 30.9 Å². The first-order chi connectivity index (χ1) is 7.56. The lowest BCUT2D eigenvalue weighted by atomic mass is 10.0. The van der Waals surface area contributed by atoms with E-state index in [4.69, 9.17) is 5.73 Å². The van der Waals surface area contributed by atoms with Crippen LogP contribution < -0.4 is 5.73 Å². The molecule has 0 aliphatic carbocycles. The van der Waals surface area contributed by atoms with Crippen LogP contribution >= 0.6 is 0 Å². The predicted molar refractivity (Wildman–Crippen MR) is 59.4 cm³/mol. The minimum atomic E-state index is -0.633. The molecule has 0 aromatic heterocycles. The number of nitrogens with two attached hydrogens (primary N) is 1. The Hall–Kier alpha value is -1.75. The van der Waals surface area contributed by atoms with Gasteiger partial charge in [0.05, 0.1) is 11.0 Å². The van der Waals surface area contributed by atoms with Crippen LogP contribution in [0.4, 0.5) is 10.1 Å². The summed E-state index contributed by atoms with van der Waals surface area (Å²) in [7, 11) is 0. The van der Waals surface area contributed by atoms with E-state index in [0.29, 0.717) is 18.4 Å². The van der Waals surface area contributed by atoms with E-state index in [2.05, 4.69) is 6.58 Å². The molecule has 0 amide bonds. The summed E-state index contributed by atoms with van der Waals surface area (Å²) in [6.07, 6.45) is 2.90. The summed E-state index contributed by atoms with van der Waals surface area (Å²) in [5.41, 5.74) is 5.88. The summed E-state index contributed by atoms with van der Waals surface area (Å²) in [5, 5.41) is 10.7. The van der Waals surface area contributed by atoms with Gasteiger partial charge in [-0.3, -0.25) is 10.1 Å². The number of hydrogen-bond donors (Lipinski definition) is 1. The first kappa shape index (κ1) is 12.3. The van der Waals surface area contributed by atoms with E-state index in [1.807, 2.05) is 0 Å². The third-order valence-electron chi connectivity index (χ3n) is 2.27. The molecule has 0 fully saturated rings. The van der Waals surface area contributed by atoms with Gasteiger partial charge in [-0.25, -0.2) is 4.39 Å². The topological polar surface area (TPSA) is 69.2 Å². The average molecular weight is 224 g/mol. The normalized spacial score (nSPS) is 12.1. The SMILES string of the molecule is C=CCC[C@H](N)c1ccc(F)cc1[N+](=O)[O-]. The van der Waals surface area contributed by atoms with Gasteiger partial charge in [0.2, 0.25) is 0 Å². The number of nitrogens with zero attached hydrogens (tertiary/aromatic N) is 1. The minimum Gasteiger partial charge on any atom is -0.324 e. The molecule has 0 spiro atoms. The fourth-order valence-corrected chi connectivity index (χ4v) is 1.44. The van der Waals surface area contributed by atoms with Crippen LogP contribution in [0.1, 0.15) is 24.4 Å². The van der Waals surface area contributed by atoms with Gasteiger partial charge in [0, 0.05) is 11.6 Å². The molecule has 16 heavy (non-hydrogen) atoms. The van der Waals surface area contributed by atoms with Gasteiger partial charge in [-0.2, -0.15) is 0 Å². The fourth-order valence-electron chi connectivity index (χ4n) is 1.44. The third kappa shape index (κ3) is 2.87. The molecule has 1 rings (SSSR count). The summed E-state index contributed by atoms with van der Waals surface area (Å²) in [5.74, 6) is -0.633. The Balaban J connectivity index is 3.02. The molecule has 0 saturated carbocycles. The third-order valence-corrected chi connectivity index (χ3v) is 2.27. The smallest absolute Gasteiger partial charge is 0.277 e. The Morgan fingerprint density at radius 3 is 2.88 bits per heavy atom. The van der Waals surface area contributed by atoms with Crippen molar-refractivity contribution in [3.63, 3.8) is 0 Å². The average Bonchev–Trinajstić information content (AvgIpc) is 2.25. The van der Waals surface area contributed by atoms with Crippen molar-refractivity contribution in [2.75, 3.05) is 0 Å². The van der Waals surface area contributed by atoms with E-state index in [1.54, 1.807) is 6.08 Å². The molecule has 1 atom stereocenters. The maximum absolute atomic E-state index is 12.9. The minimum absolute atomic E-state index is 0.267. The molecule has 5 heteroatoms. The number of hydrogen-bond acceptors (Lipinski definition) is 3. The van der Waals surface area contributed by atoms with Crippen molar-refractivity contribution in [1.82, 2.24) is 0 Å². The van der Waals surface area contributed by atoms with Crippen molar-refractivity contribution in [1.29, 1.82) is 0 Å². The van der Waals surface area contributed by atoms with Crippen molar-refractivity contribution >= 4 is 5.69 Å². The molecule has 1 aromatic carbocycles.